The third-order valence-corrected chi connectivity index (χ3v) is 1.88. The molecular formula is C7H14O3. The second kappa shape index (κ2) is 2.86. The molecule has 1 saturated heterocycles. The van der Waals surface area contributed by atoms with Gasteiger partial charge in [-0.1, -0.05) is 0 Å². The van der Waals surface area contributed by atoms with Gasteiger partial charge in [0.25, 0.3) is 0 Å². The summed E-state index contributed by atoms with van der Waals surface area (Å²) < 4.78 is 4.92. The molecule has 3 nitrogen and oxygen atoms in total. The summed E-state index contributed by atoms with van der Waals surface area (Å²) in [5, 5.41) is 18.6. The lowest BCUT2D eigenvalue weighted by Gasteiger charge is -2.25. The first-order valence-corrected chi connectivity index (χ1v) is 3.65. The molecule has 2 N–H and O–H groups in total. The van der Waals surface area contributed by atoms with Gasteiger partial charge in [0.05, 0.1) is 0 Å². The summed E-state index contributed by atoms with van der Waals surface area (Å²) in [5.41, 5.74) is -1.05. The zero-order chi connectivity index (χ0) is 7.61. The summed E-state index contributed by atoms with van der Waals surface area (Å²) >= 11 is 0. The minimum Gasteiger partial charge on any atom is -0.385 e. The van der Waals surface area contributed by atoms with E-state index in [-0.39, 0.29) is 0 Å². The lowest BCUT2D eigenvalue weighted by atomic mass is 10.00. The Labute approximate surface area is 60.6 Å². The van der Waals surface area contributed by atoms with Crippen LogP contribution in [0.2, 0.25) is 0 Å². The van der Waals surface area contributed by atoms with Crippen LogP contribution < -0.4 is 0 Å². The number of aliphatic hydroxyl groups is 2. The van der Waals surface area contributed by atoms with Crippen molar-refractivity contribution in [1.29, 1.82) is 0 Å². The van der Waals surface area contributed by atoms with Crippen molar-refractivity contribution in [2.75, 3.05) is 6.61 Å². The minimum absolute atomic E-state index is 0.553. The third-order valence-electron chi connectivity index (χ3n) is 1.88. The first-order chi connectivity index (χ1) is 4.63. The molecule has 0 aromatic rings. The van der Waals surface area contributed by atoms with Crippen LogP contribution in [0.3, 0.4) is 0 Å². The smallest absolute Gasteiger partial charge is 0.183 e. The quantitative estimate of drug-likeness (QED) is 0.515. The van der Waals surface area contributed by atoms with Crippen molar-refractivity contribution in [2.24, 2.45) is 0 Å². The van der Waals surface area contributed by atoms with Gasteiger partial charge in [-0.2, -0.15) is 0 Å². The predicted octanol–water partition coefficient (Wildman–Crippen LogP) is 0.256. The van der Waals surface area contributed by atoms with Crippen molar-refractivity contribution >= 4 is 0 Å². The van der Waals surface area contributed by atoms with Crippen LogP contribution >= 0.6 is 0 Å². The van der Waals surface area contributed by atoms with Crippen LogP contribution in [0.1, 0.15) is 26.2 Å². The fourth-order valence-corrected chi connectivity index (χ4v) is 1.08. The number of hydrogen-bond acceptors (Lipinski definition) is 3. The van der Waals surface area contributed by atoms with Crippen LogP contribution in [0.5, 0.6) is 0 Å². The Bertz CT molecular complexity index is 111. The molecule has 1 aliphatic heterocycles. The van der Waals surface area contributed by atoms with E-state index in [0.717, 1.165) is 12.8 Å². The van der Waals surface area contributed by atoms with Gasteiger partial charge in [-0.3, -0.25) is 0 Å². The fraction of sp³-hybridized carbons (Fsp3) is 1.00. The molecule has 0 aromatic carbocycles. The van der Waals surface area contributed by atoms with E-state index in [1.54, 1.807) is 6.92 Å². The lowest BCUT2D eigenvalue weighted by Crippen LogP contribution is -2.39. The molecule has 0 spiro atoms. The third kappa shape index (κ3) is 1.68. The highest BCUT2D eigenvalue weighted by Crippen LogP contribution is 2.22. The van der Waals surface area contributed by atoms with Crippen LogP contribution in [-0.2, 0) is 4.74 Å². The Balaban J connectivity index is 2.52. The number of hydrogen-bond donors (Lipinski definition) is 2. The number of rotatable bonds is 0. The first kappa shape index (κ1) is 7.98. The van der Waals surface area contributed by atoms with Crippen LogP contribution in [0.4, 0.5) is 0 Å². The van der Waals surface area contributed by atoms with Crippen molar-refractivity contribution in [3.05, 3.63) is 0 Å². The van der Waals surface area contributed by atoms with Gasteiger partial charge in [0.15, 0.2) is 6.29 Å². The van der Waals surface area contributed by atoms with E-state index in [2.05, 4.69) is 0 Å². The van der Waals surface area contributed by atoms with E-state index in [4.69, 9.17) is 9.84 Å². The van der Waals surface area contributed by atoms with Gasteiger partial charge in [-0.25, -0.2) is 0 Å². The van der Waals surface area contributed by atoms with Crippen molar-refractivity contribution in [3.8, 4) is 0 Å². The lowest BCUT2D eigenvalue weighted by molar-refractivity contribution is -0.198. The monoisotopic (exact) mass is 146 g/mol. The molecular weight excluding hydrogens is 132 g/mol. The highest BCUT2D eigenvalue weighted by Gasteiger charge is 2.32. The zero-order valence-corrected chi connectivity index (χ0v) is 6.21. The van der Waals surface area contributed by atoms with Gasteiger partial charge in [0, 0.05) is 6.61 Å². The minimum atomic E-state index is -1.05. The topological polar surface area (TPSA) is 49.7 Å². The summed E-state index contributed by atoms with van der Waals surface area (Å²) in [6.07, 6.45) is 1.46. The van der Waals surface area contributed by atoms with Gasteiger partial charge in [0.1, 0.15) is 5.60 Å². The molecule has 0 aromatic heterocycles. The number of ether oxygens (including phenoxy) is 1. The molecule has 1 rings (SSSR count). The summed E-state index contributed by atoms with van der Waals surface area (Å²) in [6.45, 7) is 2.15. The molecule has 1 aliphatic rings. The normalized spacial score (nSPS) is 42.9. The van der Waals surface area contributed by atoms with Gasteiger partial charge < -0.3 is 14.9 Å². The Morgan fingerprint density at radius 3 is 2.90 bits per heavy atom. The van der Waals surface area contributed by atoms with Crippen molar-refractivity contribution in [1.82, 2.24) is 0 Å². The SMILES string of the molecule is CC1(O)CCCCO[C@@H]1O. The zero-order valence-electron chi connectivity index (χ0n) is 6.21. The molecule has 0 saturated carbocycles. The molecule has 3 heteroatoms. The fourth-order valence-electron chi connectivity index (χ4n) is 1.08. The van der Waals surface area contributed by atoms with Gasteiger partial charge in [-0.15, -0.1) is 0 Å². The van der Waals surface area contributed by atoms with E-state index >= 15 is 0 Å². The van der Waals surface area contributed by atoms with E-state index in [1.807, 2.05) is 0 Å². The average Bonchev–Trinajstić information content (AvgIpc) is 1.96. The molecule has 0 amide bonds. The highest BCUT2D eigenvalue weighted by atomic mass is 16.6. The summed E-state index contributed by atoms with van der Waals surface area (Å²) in [7, 11) is 0. The molecule has 0 bridgehead atoms. The van der Waals surface area contributed by atoms with Gasteiger partial charge in [-0.05, 0) is 26.2 Å². The maximum Gasteiger partial charge on any atom is 0.183 e. The Kier molecular flexibility index (Phi) is 2.28. The van der Waals surface area contributed by atoms with Gasteiger partial charge in [0.2, 0.25) is 0 Å². The standard InChI is InChI=1S/C7H14O3/c1-7(9)4-2-3-5-10-6(7)8/h6,8-9H,2-5H2,1H3/t6-,7?/m0/s1. The molecule has 1 unspecified atom stereocenters. The molecule has 1 heterocycles. The summed E-state index contributed by atoms with van der Waals surface area (Å²) in [4.78, 5) is 0. The summed E-state index contributed by atoms with van der Waals surface area (Å²) in [5.74, 6) is 0. The second-order valence-corrected chi connectivity index (χ2v) is 3.04. The first-order valence-electron chi connectivity index (χ1n) is 3.65. The summed E-state index contributed by atoms with van der Waals surface area (Å²) in [6, 6.07) is 0. The molecule has 1 fully saturated rings. The van der Waals surface area contributed by atoms with E-state index in [9.17, 15) is 5.11 Å². The Hall–Kier alpha value is -0.120. The predicted molar refractivity (Wildman–Crippen MR) is 36.4 cm³/mol. The van der Waals surface area contributed by atoms with Gasteiger partial charge >= 0.3 is 0 Å². The van der Waals surface area contributed by atoms with Crippen LogP contribution in [0.25, 0.3) is 0 Å². The van der Waals surface area contributed by atoms with E-state index < -0.39 is 11.9 Å². The second-order valence-electron chi connectivity index (χ2n) is 3.04. The van der Waals surface area contributed by atoms with Crippen LogP contribution in [0, 0.1) is 0 Å². The van der Waals surface area contributed by atoms with Crippen molar-refractivity contribution < 1.29 is 14.9 Å². The largest absolute Gasteiger partial charge is 0.385 e. The van der Waals surface area contributed by atoms with Crippen LogP contribution in [-0.4, -0.2) is 28.7 Å². The van der Waals surface area contributed by atoms with Crippen molar-refractivity contribution in [2.45, 2.75) is 38.1 Å². The van der Waals surface area contributed by atoms with E-state index in [0.29, 0.717) is 13.0 Å². The Morgan fingerprint density at radius 1 is 1.50 bits per heavy atom. The highest BCUT2D eigenvalue weighted by molar-refractivity contribution is 4.77. The average molecular weight is 146 g/mol. The maximum absolute atomic E-state index is 9.45. The van der Waals surface area contributed by atoms with Crippen molar-refractivity contribution in [3.63, 3.8) is 0 Å². The van der Waals surface area contributed by atoms with Crippen LogP contribution in [0.15, 0.2) is 0 Å². The van der Waals surface area contributed by atoms with E-state index in [1.165, 1.54) is 0 Å². The molecule has 0 aliphatic carbocycles. The molecule has 2 atom stereocenters. The Morgan fingerprint density at radius 2 is 2.20 bits per heavy atom. The molecule has 60 valence electrons. The maximum atomic E-state index is 9.45. The molecule has 10 heavy (non-hydrogen) atoms. The molecule has 0 radical (unpaired) electrons. The number of aliphatic hydroxyl groups excluding tert-OH is 1.